The number of carbonyl (C=O) groups excluding carboxylic acids is 1. The predicted molar refractivity (Wildman–Crippen MR) is 152 cm³/mol. The van der Waals surface area contributed by atoms with Gasteiger partial charge in [-0.1, -0.05) is 38.4 Å². The van der Waals surface area contributed by atoms with Gasteiger partial charge in [-0.3, -0.25) is 9.78 Å². The fourth-order valence-electron chi connectivity index (χ4n) is 5.64. The number of aromatic nitrogens is 4. The van der Waals surface area contributed by atoms with Crippen LogP contribution in [0.25, 0.3) is 16.7 Å². The van der Waals surface area contributed by atoms with Crippen molar-refractivity contribution in [2.45, 2.75) is 77.8 Å². The molecule has 2 atom stereocenters. The van der Waals surface area contributed by atoms with E-state index in [1.165, 1.54) is 6.08 Å². The van der Waals surface area contributed by atoms with Crippen LogP contribution < -0.4 is 10.6 Å². The molecule has 3 aromatic rings. The van der Waals surface area contributed by atoms with E-state index in [0.717, 1.165) is 47.3 Å². The van der Waals surface area contributed by atoms with Gasteiger partial charge in [-0.25, -0.2) is 14.3 Å². The summed E-state index contributed by atoms with van der Waals surface area (Å²) in [5.74, 6) is 0.842. The van der Waals surface area contributed by atoms with Crippen LogP contribution in [0.1, 0.15) is 75.7 Å². The number of pyridine rings is 2. The number of piperazine rings is 1. The number of halogens is 1. The molecule has 0 aromatic carbocycles. The summed E-state index contributed by atoms with van der Waals surface area (Å²) in [6, 6.07) is 3.68. The lowest BCUT2D eigenvalue weighted by atomic mass is 9.82. The van der Waals surface area contributed by atoms with Gasteiger partial charge >= 0.3 is 5.69 Å². The van der Waals surface area contributed by atoms with Crippen LogP contribution in [-0.4, -0.2) is 55.5 Å². The third-order valence-electron chi connectivity index (χ3n) is 7.96. The highest BCUT2D eigenvalue weighted by Crippen LogP contribution is 2.41. The second-order valence-electron chi connectivity index (χ2n) is 11.0. The number of hydrogen-bond acceptors (Lipinski definition) is 6. The highest BCUT2D eigenvalue weighted by molar-refractivity contribution is 6.32. The van der Waals surface area contributed by atoms with Crippen molar-refractivity contribution in [2.75, 3.05) is 18.0 Å². The van der Waals surface area contributed by atoms with E-state index in [1.807, 2.05) is 37.8 Å². The van der Waals surface area contributed by atoms with Gasteiger partial charge in [0.1, 0.15) is 5.82 Å². The van der Waals surface area contributed by atoms with Crippen LogP contribution in [0.3, 0.4) is 0 Å². The van der Waals surface area contributed by atoms with Crippen molar-refractivity contribution < 1.29 is 4.79 Å². The van der Waals surface area contributed by atoms with Gasteiger partial charge in [0, 0.05) is 37.3 Å². The van der Waals surface area contributed by atoms with Gasteiger partial charge in [-0.2, -0.15) is 4.98 Å². The zero-order chi connectivity index (χ0) is 27.3. The molecule has 1 saturated carbocycles. The van der Waals surface area contributed by atoms with Crippen LogP contribution in [0.15, 0.2) is 35.8 Å². The van der Waals surface area contributed by atoms with Crippen LogP contribution in [0.2, 0.25) is 5.02 Å². The minimum atomic E-state index is -0.399. The minimum Gasteiger partial charge on any atom is -0.349 e. The molecule has 1 amide bonds. The van der Waals surface area contributed by atoms with Crippen molar-refractivity contribution in [3.63, 3.8) is 0 Å². The van der Waals surface area contributed by atoms with Gasteiger partial charge in [0.2, 0.25) is 5.91 Å². The highest BCUT2D eigenvalue weighted by Gasteiger charge is 2.34. The van der Waals surface area contributed by atoms with Crippen molar-refractivity contribution in [2.24, 2.45) is 0 Å². The Kier molecular flexibility index (Phi) is 7.03. The third kappa shape index (κ3) is 4.38. The summed E-state index contributed by atoms with van der Waals surface area (Å²) < 4.78 is 1.63. The van der Waals surface area contributed by atoms with Crippen LogP contribution in [0, 0.1) is 6.92 Å². The number of carbonyl (C=O) groups is 1. The van der Waals surface area contributed by atoms with E-state index in [-0.39, 0.29) is 23.9 Å². The van der Waals surface area contributed by atoms with Crippen molar-refractivity contribution in [3.8, 4) is 5.69 Å². The molecule has 38 heavy (non-hydrogen) atoms. The monoisotopic (exact) mass is 534 g/mol. The highest BCUT2D eigenvalue weighted by atomic mass is 35.5. The Labute approximate surface area is 228 Å². The molecule has 8 nitrogen and oxygen atoms in total. The average molecular weight is 535 g/mol. The molecule has 0 bridgehead atoms. The molecule has 2 aliphatic rings. The van der Waals surface area contributed by atoms with Crippen molar-refractivity contribution in [1.29, 1.82) is 0 Å². The Bertz CT molecular complexity index is 1480. The zero-order valence-electron chi connectivity index (χ0n) is 22.7. The summed E-state index contributed by atoms with van der Waals surface area (Å²) in [5, 5.41) is 1.32. The number of nitrogens with zero attached hydrogens (tertiary/aromatic N) is 6. The number of anilines is 1. The molecule has 1 aliphatic heterocycles. The first-order valence-electron chi connectivity index (χ1n) is 13.4. The molecule has 5 rings (SSSR count). The molecule has 0 spiro atoms. The van der Waals surface area contributed by atoms with Crippen LogP contribution in [0.5, 0.6) is 0 Å². The van der Waals surface area contributed by atoms with E-state index < -0.39 is 5.69 Å². The van der Waals surface area contributed by atoms with E-state index >= 15 is 0 Å². The van der Waals surface area contributed by atoms with Gasteiger partial charge < -0.3 is 9.80 Å². The van der Waals surface area contributed by atoms with E-state index in [1.54, 1.807) is 10.8 Å². The standard InChI is InChI=1S/C29H35ClN6O2/c1-7-23(37)34-14-19(6)35(15-18(34)5)27-21-13-22(30)25(20-9-8-10-20)32-28(21)36(29(38)33-27)26-17(4)11-12-31-24(26)16(2)3/h7,11-13,16,18-20H,1,8-10,14-15H2,2-6H3. The van der Waals surface area contributed by atoms with Crippen molar-refractivity contribution in [1.82, 2.24) is 24.4 Å². The molecular weight excluding hydrogens is 500 g/mol. The fourth-order valence-corrected chi connectivity index (χ4v) is 5.94. The average Bonchev–Trinajstić information content (AvgIpc) is 2.84. The quantitative estimate of drug-likeness (QED) is 0.421. The molecule has 4 heterocycles. The summed E-state index contributed by atoms with van der Waals surface area (Å²) in [4.78, 5) is 44.6. The molecule has 9 heteroatoms. The maximum Gasteiger partial charge on any atom is 0.355 e. The van der Waals surface area contributed by atoms with E-state index in [9.17, 15) is 9.59 Å². The first-order valence-corrected chi connectivity index (χ1v) is 13.8. The van der Waals surface area contributed by atoms with Gasteiger partial charge in [0.25, 0.3) is 0 Å². The summed E-state index contributed by atoms with van der Waals surface area (Å²) >= 11 is 6.85. The Morgan fingerprint density at radius 1 is 1.18 bits per heavy atom. The maximum atomic E-state index is 13.9. The first-order chi connectivity index (χ1) is 18.1. The topological polar surface area (TPSA) is 84.2 Å². The Morgan fingerprint density at radius 3 is 2.55 bits per heavy atom. The van der Waals surface area contributed by atoms with Crippen molar-refractivity contribution >= 4 is 34.4 Å². The molecule has 200 valence electrons. The smallest absolute Gasteiger partial charge is 0.349 e. The predicted octanol–water partition coefficient (Wildman–Crippen LogP) is 5.14. The zero-order valence-corrected chi connectivity index (χ0v) is 23.5. The van der Waals surface area contributed by atoms with Crippen molar-refractivity contribution in [3.05, 3.63) is 63.4 Å². The van der Waals surface area contributed by atoms with Gasteiger partial charge in [-0.15, -0.1) is 0 Å². The maximum absolute atomic E-state index is 13.9. The van der Waals surface area contributed by atoms with Gasteiger partial charge in [0.15, 0.2) is 5.65 Å². The summed E-state index contributed by atoms with van der Waals surface area (Å²) in [6.07, 6.45) is 6.36. The molecular formula is C29H35ClN6O2. The molecule has 0 N–H and O–H groups in total. The van der Waals surface area contributed by atoms with Crippen LogP contribution >= 0.6 is 11.6 Å². The Morgan fingerprint density at radius 2 is 1.92 bits per heavy atom. The Hall–Kier alpha value is -3.26. The normalized spacial score (nSPS) is 20.2. The van der Waals surface area contributed by atoms with Gasteiger partial charge in [0.05, 0.1) is 27.5 Å². The number of fused-ring (bicyclic) bond motifs is 1. The third-order valence-corrected chi connectivity index (χ3v) is 8.26. The van der Waals surface area contributed by atoms with Crippen LogP contribution in [-0.2, 0) is 4.79 Å². The summed E-state index contributed by atoms with van der Waals surface area (Å²) in [7, 11) is 0. The number of amides is 1. The number of rotatable bonds is 5. The SMILES string of the molecule is C=CC(=O)N1CC(C)N(c2nc(=O)n(-c3c(C)ccnc3C(C)C)c3nc(C4CCC4)c(Cl)cc23)CC1C. The first kappa shape index (κ1) is 26.4. The molecule has 2 unspecified atom stereocenters. The van der Waals surface area contributed by atoms with E-state index in [2.05, 4.69) is 35.3 Å². The lowest BCUT2D eigenvalue weighted by molar-refractivity contribution is -0.128. The second-order valence-corrected chi connectivity index (χ2v) is 11.4. The number of aryl methyl sites for hydroxylation is 1. The van der Waals surface area contributed by atoms with Gasteiger partial charge in [-0.05, 0) is 63.3 Å². The second kappa shape index (κ2) is 10.1. The fraction of sp³-hybridized carbons (Fsp3) is 0.483. The largest absolute Gasteiger partial charge is 0.355 e. The van der Waals surface area contributed by atoms with Crippen LogP contribution in [0.4, 0.5) is 5.82 Å². The Balaban J connectivity index is 1.76. The lowest BCUT2D eigenvalue weighted by Gasteiger charge is -2.44. The van der Waals surface area contributed by atoms with E-state index in [0.29, 0.717) is 35.5 Å². The van der Waals surface area contributed by atoms with E-state index in [4.69, 9.17) is 16.6 Å². The number of hydrogen-bond donors (Lipinski definition) is 0. The lowest BCUT2D eigenvalue weighted by Crippen LogP contribution is -2.58. The molecule has 2 fully saturated rings. The molecule has 0 radical (unpaired) electrons. The summed E-state index contributed by atoms with van der Waals surface area (Å²) in [5.41, 5.74) is 3.48. The minimum absolute atomic E-state index is 0.0718. The molecule has 3 aromatic heterocycles. The molecule has 1 aliphatic carbocycles. The summed E-state index contributed by atoms with van der Waals surface area (Å²) in [6.45, 7) is 14.8. The molecule has 1 saturated heterocycles.